The summed E-state index contributed by atoms with van der Waals surface area (Å²) in [5.41, 5.74) is 2.52. The second-order valence-corrected chi connectivity index (χ2v) is 2.60. The fourth-order valence-electron chi connectivity index (χ4n) is 0.966. The maximum atomic E-state index is 11.1. The molecule has 4 heteroatoms. The molecule has 3 N–H and O–H groups in total. The molecule has 0 atom stereocenters. The third-order valence-electron chi connectivity index (χ3n) is 1.60. The molecule has 0 aliphatic carbocycles. The highest BCUT2D eigenvalue weighted by molar-refractivity contribution is 5.94. The van der Waals surface area contributed by atoms with Crippen LogP contribution in [0, 0.1) is 0 Å². The molecule has 4 nitrogen and oxygen atoms in total. The Morgan fingerprint density at radius 3 is 3.07 bits per heavy atom. The van der Waals surface area contributed by atoms with E-state index in [1.54, 1.807) is 30.3 Å². The van der Waals surface area contributed by atoms with E-state index >= 15 is 0 Å². The van der Waals surface area contributed by atoms with Crippen molar-refractivity contribution in [3.8, 4) is 5.75 Å². The first kappa shape index (κ1) is 10.3. The van der Waals surface area contributed by atoms with Crippen molar-refractivity contribution in [2.45, 2.75) is 0 Å². The van der Waals surface area contributed by atoms with E-state index in [4.69, 9.17) is 10.6 Å². The molecule has 0 saturated heterocycles. The second-order valence-electron chi connectivity index (χ2n) is 2.60. The molecule has 0 aliphatic heterocycles. The molecule has 0 unspecified atom stereocenters. The van der Waals surface area contributed by atoms with Crippen LogP contribution in [0.3, 0.4) is 0 Å². The van der Waals surface area contributed by atoms with Gasteiger partial charge in [-0.15, -0.1) is 0 Å². The maximum absolute atomic E-state index is 11.1. The Bertz CT molecular complexity index is 337. The van der Waals surface area contributed by atoms with Gasteiger partial charge in [0.2, 0.25) is 0 Å². The highest BCUT2D eigenvalue weighted by atomic mass is 16.5. The Balaban J connectivity index is 2.78. The molecule has 74 valence electrons. The van der Waals surface area contributed by atoms with Gasteiger partial charge in [0.25, 0.3) is 5.91 Å². The van der Waals surface area contributed by atoms with Crippen LogP contribution in [-0.2, 0) is 0 Å². The lowest BCUT2D eigenvalue weighted by molar-refractivity contribution is 0.0953. The molecule has 14 heavy (non-hydrogen) atoms. The van der Waals surface area contributed by atoms with Crippen molar-refractivity contribution in [2.24, 2.45) is 5.84 Å². The predicted octanol–water partition coefficient (Wildman–Crippen LogP) is 0.855. The van der Waals surface area contributed by atoms with Crippen LogP contribution in [0.4, 0.5) is 0 Å². The Kier molecular flexibility index (Phi) is 3.69. The van der Waals surface area contributed by atoms with Crippen LogP contribution in [0.25, 0.3) is 0 Å². The molecule has 0 radical (unpaired) electrons. The summed E-state index contributed by atoms with van der Waals surface area (Å²) in [6, 6.07) is 6.76. The normalized spacial score (nSPS) is 9.21. The topological polar surface area (TPSA) is 64.3 Å². The van der Waals surface area contributed by atoms with Gasteiger partial charge in [-0.05, 0) is 18.2 Å². The van der Waals surface area contributed by atoms with Gasteiger partial charge >= 0.3 is 0 Å². The Hall–Kier alpha value is -1.81. The van der Waals surface area contributed by atoms with Crippen molar-refractivity contribution in [1.29, 1.82) is 0 Å². The highest BCUT2D eigenvalue weighted by Gasteiger charge is 2.03. The zero-order chi connectivity index (χ0) is 10.4. The van der Waals surface area contributed by atoms with Gasteiger partial charge in [-0.3, -0.25) is 10.2 Å². The number of hydrogen-bond acceptors (Lipinski definition) is 3. The van der Waals surface area contributed by atoms with Crippen molar-refractivity contribution >= 4 is 5.91 Å². The van der Waals surface area contributed by atoms with E-state index in [0.717, 1.165) is 0 Å². The number of rotatable bonds is 4. The van der Waals surface area contributed by atoms with E-state index in [2.05, 4.69) is 6.58 Å². The number of ether oxygens (including phenoxy) is 1. The average molecular weight is 192 g/mol. The van der Waals surface area contributed by atoms with Gasteiger partial charge in [0.05, 0.1) is 0 Å². The van der Waals surface area contributed by atoms with E-state index < -0.39 is 0 Å². The lowest BCUT2D eigenvalue weighted by Gasteiger charge is -2.04. The van der Waals surface area contributed by atoms with Gasteiger partial charge in [0.1, 0.15) is 12.4 Å². The van der Waals surface area contributed by atoms with E-state index in [-0.39, 0.29) is 5.91 Å². The van der Waals surface area contributed by atoms with Gasteiger partial charge in [-0.1, -0.05) is 18.7 Å². The lowest BCUT2D eigenvalue weighted by Crippen LogP contribution is -2.29. The molecule has 0 bridgehead atoms. The molecule has 1 amide bonds. The summed E-state index contributed by atoms with van der Waals surface area (Å²) >= 11 is 0. The number of carbonyl (C=O) groups excluding carboxylic acids is 1. The smallest absolute Gasteiger partial charge is 0.265 e. The van der Waals surface area contributed by atoms with Crippen molar-refractivity contribution in [2.75, 3.05) is 6.61 Å². The van der Waals surface area contributed by atoms with Gasteiger partial charge < -0.3 is 4.74 Å². The minimum atomic E-state index is -0.339. The summed E-state index contributed by atoms with van der Waals surface area (Å²) in [7, 11) is 0. The van der Waals surface area contributed by atoms with E-state index in [1.807, 2.05) is 5.43 Å². The van der Waals surface area contributed by atoms with Gasteiger partial charge in [0, 0.05) is 5.56 Å². The Morgan fingerprint density at radius 1 is 1.64 bits per heavy atom. The third-order valence-corrected chi connectivity index (χ3v) is 1.60. The van der Waals surface area contributed by atoms with Crippen LogP contribution >= 0.6 is 0 Å². The van der Waals surface area contributed by atoms with Gasteiger partial charge in [0.15, 0.2) is 0 Å². The van der Waals surface area contributed by atoms with Crippen molar-refractivity contribution in [3.05, 3.63) is 42.5 Å². The quantitative estimate of drug-likeness (QED) is 0.322. The number of nitrogens with two attached hydrogens (primary N) is 1. The number of benzene rings is 1. The first-order valence-corrected chi connectivity index (χ1v) is 4.12. The van der Waals surface area contributed by atoms with Crippen molar-refractivity contribution in [3.63, 3.8) is 0 Å². The van der Waals surface area contributed by atoms with Crippen molar-refractivity contribution < 1.29 is 9.53 Å². The molecular formula is C10H12N2O2. The fraction of sp³-hybridized carbons (Fsp3) is 0.100. The Morgan fingerprint density at radius 2 is 2.43 bits per heavy atom. The first-order valence-electron chi connectivity index (χ1n) is 4.12. The summed E-state index contributed by atoms with van der Waals surface area (Å²) in [6.45, 7) is 3.94. The zero-order valence-electron chi connectivity index (χ0n) is 7.69. The lowest BCUT2D eigenvalue weighted by atomic mass is 10.2. The number of hydrogen-bond donors (Lipinski definition) is 2. The number of carbonyl (C=O) groups is 1. The van der Waals surface area contributed by atoms with Gasteiger partial charge in [-0.2, -0.15) is 0 Å². The van der Waals surface area contributed by atoms with Crippen LogP contribution < -0.4 is 16.0 Å². The molecule has 0 aromatic heterocycles. The molecule has 1 aromatic rings. The zero-order valence-corrected chi connectivity index (χ0v) is 7.69. The predicted molar refractivity (Wildman–Crippen MR) is 53.8 cm³/mol. The molecule has 0 heterocycles. The SMILES string of the molecule is C=CCOc1cccc(C(=O)NN)c1. The summed E-state index contributed by atoms with van der Waals surface area (Å²) < 4.78 is 5.25. The number of nitrogens with one attached hydrogen (secondary N) is 1. The minimum Gasteiger partial charge on any atom is -0.490 e. The summed E-state index contributed by atoms with van der Waals surface area (Å²) in [4.78, 5) is 11.1. The van der Waals surface area contributed by atoms with Crippen LogP contribution in [-0.4, -0.2) is 12.5 Å². The number of nitrogen functional groups attached to an aromatic ring is 1. The highest BCUT2D eigenvalue weighted by Crippen LogP contribution is 2.12. The van der Waals surface area contributed by atoms with E-state index in [0.29, 0.717) is 17.9 Å². The average Bonchev–Trinajstić information content (AvgIpc) is 2.25. The summed E-state index contributed by atoms with van der Waals surface area (Å²) in [5, 5.41) is 0. The monoisotopic (exact) mass is 192 g/mol. The fourth-order valence-corrected chi connectivity index (χ4v) is 0.966. The summed E-state index contributed by atoms with van der Waals surface area (Å²) in [5.74, 6) is 5.28. The molecular weight excluding hydrogens is 180 g/mol. The van der Waals surface area contributed by atoms with Crippen molar-refractivity contribution in [1.82, 2.24) is 5.43 Å². The third kappa shape index (κ3) is 2.60. The largest absolute Gasteiger partial charge is 0.490 e. The van der Waals surface area contributed by atoms with Crippen LogP contribution in [0.2, 0.25) is 0 Å². The molecule has 1 rings (SSSR count). The van der Waals surface area contributed by atoms with Crippen LogP contribution in [0.5, 0.6) is 5.75 Å². The van der Waals surface area contributed by atoms with Crippen LogP contribution in [0.1, 0.15) is 10.4 Å². The number of hydrazine groups is 1. The first-order chi connectivity index (χ1) is 6.77. The van der Waals surface area contributed by atoms with E-state index in [9.17, 15) is 4.79 Å². The molecule has 0 spiro atoms. The maximum Gasteiger partial charge on any atom is 0.265 e. The molecule has 0 aliphatic rings. The minimum absolute atomic E-state index is 0.339. The molecule has 0 fully saturated rings. The Labute approximate surface area is 82.3 Å². The standard InChI is InChI=1S/C10H12N2O2/c1-2-6-14-9-5-3-4-8(7-9)10(13)12-11/h2-5,7H,1,6,11H2,(H,12,13). The molecule has 1 aromatic carbocycles. The van der Waals surface area contributed by atoms with E-state index in [1.165, 1.54) is 0 Å². The second kappa shape index (κ2) is 5.04. The summed E-state index contributed by atoms with van der Waals surface area (Å²) in [6.07, 6.45) is 1.63. The molecule has 0 saturated carbocycles. The van der Waals surface area contributed by atoms with Crippen LogP contribution in [0.15, 0.2) is 36.9 Å². The van der Waals surface area contributed by atoms with Gasteiger partial charge in [-0.25, -0.2) is 5.84 Å². The number of amides is 1.